The third-order valence-corrected chi connectivity index (χ3v) is 21.3. The normalized spacial score (nSPS) is 14.5. The van der Waals surface area contributed by atoms with Crippen LogP contribution < -0.4 is 21.3 Å². The summed E-state index contributed by atoms with van der Waals surface area (Å²) in [5.74, 6) is -3.10. The van der Waals surface area contributed by atoms with Crippen LogP contribution in [0.4, 0.5) is 0 Å². The molecule has 0 aliphatic carbocycles. The summed E-state index contributed by atoms with van der Waals surface area (Å²) in [5.41, 5.74) is 0. The average molecular weight is 1620 g/mol. The third-order valence-electron chi connectivity index (χ3n) is 19.4. The fraction of sp³-hybridized carbons (Fsp3) is 0.882. The first kappa shape index (κ1) is 107. The van der Waals surface area contributed by atoms with Crippen LogP contribution in [-0.4, -0.2) is 158 Å². The molecule has 0 aromatic rings. The lowest BCUT2D eigenvalue weighted by Crippen LogP contribution is -2.42. The molecule has 0 aliphatic heterocycles. The molecule has 0 aliphatic rings. The Labute approximate surface area is 672 Å². The Hall–Kier alpha value is -3.64. The number of hydrogen-bond acceptors (Lipinski definition) is 18. The summed E-state index contributed by atoms with van der Waals surface area (Å²) in [5, 5.41) is 32.0. The molecule has 26 heteroatoms. The minimum Gasteiger partial charge on any atom is -0.462 e. The number of aliphatic hydroxyl groups is 2. The van der Waals surface area contributed by atoms with Crippen molar-refractivity contribution in [2.45, 2.75) is 418 Å². The second-order valence-electron chi connectivity index (χ2n) is 30.3. The zero-order valence-electron chi connectivity index (χ0n) is 70.5. The van der Waals surface area contributed by atoms with Gasteiger partial charge in [0.15, 0.2) is 0 Å². The SMILES string of the molecule is CCCCCCC=CCCCC(=O)OC(CCCCCCC)CCOCC(COP(=O)(O)OCCNC(=O)CC(=O)NCCOP(=O)(O)OCC(COCCC(CCCCCCC)OC(=O)CCCC=CCCCCCC)NC(=O)C[C@H](O)CCCCCCCCCCC)NC(=O)C[C@H](O)CCCCCCCCCCC. The maximum Gasteiger partial charge on any atom is 0.472 e. The van der Waals surface area contributed by atoms with Gasteiger partial charge in [-0.05, 0) is 89.9 Å². The molecule has 0 aromatic carbocycles. The molecule has 0 bridgehead atoms. The molecule has 4 amide bonds. The number of ether oxygens (including phenoxy) is 4. The Kier molecular flexibility index (Phi) is 75.0. The number of carbonyl (C=O) groups is 6. The number of unbranched alkanes of at least 4 members (excludes halogenated alkanes) is 34. The first-order valence-electron chi connectivity index (χ1n) is 44.3. The lowest BCUT2D eigenvalue weighted by molar-refractivity contribution is -0.151. The Bertz CT molecular complexity index is 2240. The molecule has 24 nitrogen and oxygen atoms in total. The first-order chi connectivity index (χ1) is 53.7. The molecule has 0 heterocycles. The predicted octanol–water partition coefficient (Wildman–Crippen LogP) is 18.9. The van der Waals surface area contributed by atoms with Crippen LogP contribution in [0, 0.1) is 0 Å². The molecule has 6 unspecified atom stereocenters. The highest BCUT2D eigenvalue weighted by Gasteiger charge is 2.28. The zero-order chi connectivity index (χ0) is 81.8. The lowest BCUT2D eigenvalue weighted by atomic mass is 10.0. The van der Waals surface area contributed by atoms with E-state index in [2.05, 4.69) is 87.1 Å². The van der Waals surface area contributed by atoms with Crippen LogP contribution in [0.15, 0.2) is 24.3 Å². The fourth-order valence-electron chi connectivity index (χ4n) is 12.7. The highest BCUT2D eigenvalue weighted by atomic mass is 31.2. The molecule has 0 fully saturated rings. The summed E-state index contributed by atoms with van der Waals surface area (Å²) in [4.78, 5) is 99.6. The molecule has 0 spiro atoms. The van der Waals surface area contributed by atoms with Crippen molar-refractivity contribution < 1.29 is 94.9 Å². The summed E-state index contributed by atoms with van der Waals surface area (Å²) in [7, 11) is -9.62. The zero-order valence-corrected chi connectivity index (χ0v) is 72.3. The van der Waals surface area contributed by atoms with Gasteiger partial charge in [0, 0.05) is 38.8 Å². The number of aliphatic hydroxyl groups excluding tert-OH is 2. The van der Waals surface area contributed by atoms with Crippen molar-refractivity contribution in [3.8, 4) is 0 Å². The summed E-state index contributed by atoms with van der Waals surface area (Å²) in [6.07, 6.45) is 53.6. The Balaban J connectivity index is 5.66. The highest BCUT2D eigenvalue weighted by Crippen LogP contribution is 2.44. The van der Waals surface area contributed by atoms with Gasteiger partial charge >= 0.3 is 27.6 Å². The number of esters is 2. The van der Waals surface area contributed by atoms with Crippen molar-refractivity contribution in [1.82, 2.24) is 21.3 Å². The van der Waals surface area contributed by atoms with Crippen molar-refractivity contribution >= 4 is 51.2 Å². The summed E-state index contributed by atoms with van der Waals surface area (Å²) in [6, 6.07) is -1.91. The molecule has 652 valence electrons. The van der Waals surface area contributed by atoms with Gasteiger partial charge in [-0.25, -0.2) is 9.13 Å². The molecule has 111 heavy (non-hydrogen) atoms. The number of carbonyl (C=O) groups excluding carboxylic acids is 6. The van der Waals surface area contributed by atoms with E-state index in [-0.39, 0.29) is 76.5 Å². The van der Waals surface area contributed by atoms with Crippen LogP contribution >= 0.6 is 15.6 Å². The van der Waals surface area contributed by atoms with E-state index in [9.17, 15) is 57.9 Å². The molecule has 8 atom stereocenters. The van der Waals surface area contributed by atoms with Gasteiger partial charge in [0.05, 0.1) is 90.0 Å². The largest absolute Gasteiger partial charge is 0.472 e. The van der Waals surface area contributed by atoms with Gasteiger partial charge in [-0.1, -0.05) is 271 Å². The number of allylic oxidation sites excluding steroid dienone is 4. The lowest BCUT2D eigenvalue weighted by Gasteiger charge is -2.22. The quantitative estimate of drug-likeness (QED) is 0.00922. The number of hydrogen-bond donors (Lipinski definition) is 8. The maximum absolute atomic E-state index is 13.3. The van der Waals surface area contributed by atoms with Gasteiger partial charge in [0.2, 0.25) is 23.6 Å². The van der Waals surface area contributed by atoms with E-state index in [1.807, 2.05) is 0 Å². The molecule has 0 radical (unpaired) electrons. The van der Waals surface area contributed by atoms with Crippen LogP contribution in [0.2, 0.25) is 0 Å². The summed E-state index contributed by atoms with van der Waals surface area (Å²) < 4.78 is 71.2. The van der Waals surface area contributed by atoms with Crippen LogP contribution in [0.5, 0.6) is 0 Å². The monoisotopic (exact) mass is 1620 g/mol. The van der Waals surface area contributed by atoms with Gasteiger partial charge in [-0.2, -0.15) is 0 Å². The minimum absolute atomic E-state index is 0.148. The topological polar surface area (TPSA) is 339 Å². The van der Waals surface area contributed by atoms with Crippen molar-refractivity contribution in [2.75, 3.05) is 65.9 Å². The van der Waals surface area contributed by atoms with Crippen LogP contribution in [0.25, 0.3) is 0 Å². The van der Waals surface area contributed by atoms with Crippen LogP contribution in [0.3, 0.4) is 0 Å². The van der Waals surface area contributed by atoms with Crippen molar-refractivity contribution in [3.05, 3.63) is 24.3 Å². The van der Waals surface area contributed by atoms with Gasteiger partial charge in [-0.3, -0.25) is 46.9 Å². The molecular formula is C85H162N4O20P2. The van der Waals surface area contributed by atoms with E-state index in [4.69, 9.17) is 37.0 Å². The number of amides is 4. The van der Waals surface area contributed by atoms with E-state index >= 15 is 0 Å². The number of phosphoric ester groups is 2. The number of phosphoric acid groups is 2. The molecule has 0 saturated heterocycles. The maximum atomic E-state index is 13.3. The van der Waals surface area contributed by atoms with E-state index in [0.29, 0.717) is 64.2 Å². The van der Waals surface area contributed by atoms with Crippen molar-refractivity contribution in [1.29, 1.82) is 0 Å². The number of nitrogens with one attached hydrogen (secondary N) is 4. The molecule has 8 N–H and O–H groups in total. The second-order valence-corrected chi connectivity index (χ2v) is 33.2. The average Bonchev–Trinajstić information content (AvgIpc) is 0.911. The van der Waals surface area contributed by atoms with Gasteiger partial charge in [-0.15, -0.1) is 0 Å². The van der Waals surface area contributed by atoms with E-state index in [1.165, 1.54) is 103 Å². The van der Waals surface area contributed by atoms with E-state index in [0.717, 1.165) is 154 Å². The van der Waals surface area contributed by atoms with Gasteiger partial charge in [0.25, 0.3) is 0 Å². The number of rotatable bonds is 84. The summed E-state index contributed by atoms with van der Waals surface area (Å²) in [6.45, 7) is 10.4. The Morgan fingerprint density at radius 2 is 0.622 bits per heavy atom. The fourth-order valence-corrected chi connectivity index (χ4v) is 14.2. The second kappa shape index (κ2) is 77.6. The summed E-state index contributed by atoms with van der Waals surface area (Å²) >= 11 is 0. The standard InChI is InChI=1S/C85H162N4O20P2/c1-7-13-19-25-29-33-37-43-47-53-76(90)67-82(94)88-74(70-102-63-59-78(55-49-41-23-17-11-5)108-84(96)57-51-45-39-35-31-27-21-15-9-3)72-106-110(98,99)104-65-61-86-80(92)69-81(93)87-62-66-105-111(100,101)107-73-75(89-83(95)68-77(91)54-48-44-38-34-30-26-20-14-8-2)71-103-64-60-79(56-50-42-24-18-12-6)109-85(97)58-52-46-40-36-32-28-22-16-10-4/h35-36,39-40,74-79,90-91H,7-34,37-38,41-73H2,1-6H3,(H,86,92)(H,87,93)(H,88,94)(H,89,95)(H,98,99)(H,100,101)/t74?,75?,76-,77-,78?,79?/m1/s1. The smallest absolute Gasteiger partial charge is 0.462 e. The van der Waals surface area contributed by atoms with Crippen LogP contribution in [0.1, 0.15) is 382 Å². The molecule has 0 aromatic heterocycles. The Morgan fingerprint density at radius 1 is 0.333 bits per heavy atom. The molecule has 0 saturated carbocycles. The predicted molar refractivity (Wildman–Crippen MR) is 444 cm³/mol. The van der Waals surface area contributed by atoms with E-state index < -0.39 is 96.4 Å². The Morgan fingerprint density at radius 3 is 0.946 bits per heavy atom. The highest BCUT2D eigenvalue weighted by molar-refractivity contribution is 7.47. The molecule has 0 rings (SSSR count). The van der Waals surface area contributed by atoms with Crippen molar-refractivity contribution in [2.24, 2.45) is 0 Å². The van der Waals surface area contributed by atoms with Gasteiger partial charge in [0.1, 0.15) is 18.6 Å². The molecular weight excluding hydrogens is 1460 g/mol. The first-order valence-corrected chi connectivity index (χ1v) is 47.3. The van der Waals surface area contributed by atoms with Gasteiger partial charge < -0.3 is 60.2 Å². The third kappa shape index (κ3) is 74.9. The van der Waals surface area contributed by atoms with E-state index in [1.54, 1.807) is 0 Å². The van der Waals surface area contributed by atoms with Crippen LogP contribution in [-0.2, 0) is 74.9 Å². The van der Waals surface area contributed by atoms with Crippen molar-refractivity contribution in [3.63, 3.8) is 0 Å². The minimum atomic E-state index is -4.81.